The van der Waals surface area contributed by atoms with Gasteiger partial charge in [-0.05, 0) is 17.9 Å². The minimum atomic E-state index is 0.622. The number of nitrogens with zero attached hydrogens (tertiary/aromatic N) is 1. The Kier molecular flexibility index (Phi) is 2.86. The van der Waals surface area contributed by atoms with Crippen molar-refractivity contribution in [1.29, 1.82) is 0 Å². The van der Waals surface area contributed by atoms with Crippen molar-refractivity contribution in [3.05, 3.63) is 42.5 Å². The van der Waals surface area contributed by atoms with Gasteiger partial charge in [0.1, 0.15) is 12.0 Å². The summed E-state index contributed by atoms with van der Waals surface area (Å²) in [5.74, 6) is 0.622. The fourth-order valence-electron chi connectivity index (χ4n) is 1.57. The average molecular weight is 201 g/mol. The van der Waals surface area contributed by atoms with Gasteiger partial charge in [0.25, 0.3) is 0 Å². The van der Waals surface area contributed by atoms with Gasteiger partial charge in [-0.15, -0.1) is 0 Å². The van der Waals surface area contributed by atoms with Crippen molar-refractivity contribution < 1.29 is 4.42 Å². The van der Waals surface area contributed by atoms with Gasteiger partial charge >= 0.3 is 0 Å². The molecular formula is C13H15NO. The molecule has 0 N–H and O–H groups in total. The lowest BCUT2D eigenvalue weighted by molar-refractivity contribution is 0.558. The lowest BCUT2D eigenvalue weighted by Gasteiger charge is -2.08. The van der Waals surface area contributed by atoms with E-state index in [0.717, 1.165) is 11.3 Å². The van der Waals surface area contributed by atoms with E-state index in [0.29, 0.717) is 5.92 Å². The number of benzene rings is 1. The predicted octanol–water partition coefficient (Wildman–Crippen LogP) is 3.86. The van der Waals surface area contributed by atoms with E-state index in [2.05, 4.69) is 43.1 Å². The van der Waals surface area contributed by atoms with Crippen LogP contribution in [-0.2, 0) is 0 Å². The van der Waals surface area contributed by atoms with Crippen LogP contribution < -0.4 is 0 Å². The first-order chi connectivity index (χ1) is 7.31. The molecule has 0 saturated heterocycles. The number of hydrogen-bond acceptors (Lipinski definition) is 2. The van der Waals surface area contributed by atoms with Crippen molar-refractivity contribution in [2.45, 2.75) is 26.2 Å². The first kappa shape index (κ1) is 9.97. The van der Waals surface area contributed by atoms with E-state index in [9.17, 15) is 0 Å². The molecule has 0 bridgehead atoms. The molecule has 1 aromatic heterocycles. The van der Waals surface area contributed by atoms with Crippen LogP contribution in [0.1, 0.15) is 31.7 Å². The number of oxazole rings is 1. The minimum Gasteiger partial charge on any atom is -0.451 e. The van der Waals surface area contributed by atoms with Crippen LogP contribution in [0.25, 0.3) is 11.3 Å². The highest BCUT2D eigenvalue weighted by Crippen LogP contribution is 2.22. The average Bonchev–Trinajstić information content (AvgIpc) is 2.82. The predicted molar refractivity (Wildman–Crippen MR) is 60.6 cm³/mol. The largest absolute Gasteiger partial charge is 0.451 e. The van der Waals surface area contributed by atoms with Gasteiger partial charge in [0.2, 0.25) is 0 Å². The fourth-order valence-corrected chi connectivity index (χ4v) is 1.57. The van der Waals surface area contributed by atoms with Crippen LogP contribution in [-0.4, -0.2) is 4.98 Å². The van der Waals surface area contributed by atoms with Gasteiger partial charge in [-0.1, -0.05) is 38.1 Å². The normalized spacial score (nSPS) is 12.7. The molecule has 2 aromatic rings. The molecule has 0 spiro atoms. The quantitative estimate of drug-likeness (QED) is 0.753. The molecular weight excluding hydrogens is 186 g/mol. The third-order valence-electron chi connectivity index (χ3n) is 2.82. The summed E-state index contributed by atoms with van der Waals surface area (Å²) in [5.41, 5.74) is 3.38. The van der Waals surface area contributed by atoms with Gasteiger partial charge in [-0.3, -0.25) is 0 Å². The van der Waals surface area contributed by atoms with E-state index in [1.54, 1.807) is 6.26 Å². The molecule has 0 saturated carbocycles. The van der Waals surface area contributed by atoms with Crippen LogP contribution in [0.3, 0.4) is 0 Å². The van der Waals surface area contributed by atoms with Gasteiger partial charge in [-0.25, -0.2) is 4.98 Å². The molecule has 2 rings (SSSR count). The Morgan fingerprint density at radius 1 is 1.27 bits per heavy atom. The van der Waals surface area contributed by atoms with Crippen molar-refractivity contribution in [2.24, 2.45) is 0 Å². The highest BCUT2D eigenvalue weighted by Gasteiger charge is 2.04. The van der Waals surface area contributed by atoms with Crippen molar-refractivity contribution in [2.75, 3.05) is 0 Å². The zero-order valence-electron chi connectivity index (χ0n) is 9.10. The second-order valence-electron chi connectivity index (χ2n) is 3.80. The van der Waals surface area contributed by atoms with Crippen LogP contribution >= 0.6 is 0 Å². The van der Waals surface area contributed by atoms with Crippen molar-refractivity contribution in [3.63, 3.8) is 0 Å². The molecule has 0 radical (unpaired) electrons. The maximum Gasteiger partial charge on any atom is 0.181 e. The molecule has 1 atom stereocenters. The Bertz CT molecular complexity index is 403. The van der Waals surface area contributed by atoms with E-state index >= 15 is 0 Å². The van der Waals surface area contributed by atoms with E-state index in [4.69, 9.17) is 4.42 Å². The smallest absolute Gasteiger partial charge is 0.181 e. The molecule has 0 aliphatic heterocycles. The Morgan fingerprint density at radius 3 is 2.53 bits per heavy atom. The summed E-state index contributed by atoms with van der Waals surface area (Å²) in [6.07, 6.45) is 4.29. The summed E-state index contributed by atoms with van der Waals surface area (Å²) in [6.45, 7) is 4.45. The summed E-state index contributed by atoms with van der Waals surface area (Å²) in [4.78, 5) is 4.11. The van der Waals surface area contributed by atoms with Gasteiger partial charge in [0.15, 0.2) is 6.39 Å². The molecule has 1 unspecified atom stereocenters. The second kappa shape index (κ2) is 4.30. The van der Waals surface area contributed by atoms with E-state index in [1.807, 2.05) is 0 Å². The van der Waals surface area contributed by atoms with E-state index in [1.165, 1.54) is 18.4 Å². The minimum absolute atomic E-state index is 0.622. The highest BCUT2D eigenvalue weighted by atomic mass is 16.3. The summed E-state index contributed by atoms with van der Waals surface area (Å²) in [5, 5.41) is 0. The first-order valence-corrected chi connectivity index (χ1v) is 5.29. The SMILES string of the molecule is CCC(C)c1ccc(-c2cocn2)cc1. The molecule has 2 heteroatoms. The van der Waals surface area contributed by atoms with Crippen LogP contribution in [0.2, 0.25) is 0 Å². The van der Waals surface area contributed by atoms with Crippen molar-refractivity contribution in [1.82, 2.24) is 4.98 Å². The highest BCUT2D eigenvalue weighted by molar-refractivity contribution is 5.57. The van der Waals surface area contributed by atoms with Crippen LogP contribution in [0.4, 0.5) is 0 Å². The van der Waals surface area contributed by atoms with Crippen molar-refractivity contribution >= 4 is 0 Å². The van der Waals surface area contributed by atoms with Gasteiger partial charge < -0.3 is 4.42 Å². The molecule has 1 heterocycles. The number of hydrogen-bond donors (Lipinski definition) is 0. The van der Waals surface area contributed by atoms with Crippen molar-refractivity contribution in [3.8, 4) is 11.3 Å². The zero-order chi connectivity index (χ0) is 10.7. The second-order valence-corrected chi connectivity index (χ2v) is 3.80. The Hall–Kier alpha value is -1.57. The van der Waals surface area contributed by atoms with Crippen LogP contribution in [0, 0.1) is 0 Å². The Balaban J connectivity index is 2.25. The molecule has 0 fully saturated rings. The van der Waals surface area contributed by atoms with Gasteiger partial charge in [0, 0.05) is 5.56 Å². The van der Waals surface area contributed by atoms with Gasteiger partial charge in [-0.2, -0.15) is 0 Å². The maximum atomic E-state index is 4.96. The summed E-state index contributed by atoms with van der Waals surface area (Å²) >= 11 is 0. The van der Waals surface area contributed by atoms with Gasteiger partial charge in [0.05, 0.1) is 0 Å². The van der Waals surface area contributed by atoms with E-state index in [-0.39, 0.29) is 0 Å². The Labute approximate surface area is 90.0 Å². The first-order valence-electron chi connectivity index (χ1n) is 5.29. The Morgan fingerprint density at radius 2 is 2.00 bits per heavy atom. The molecule has 1 aromatic carbocycles. The van der Waals surface area contributed by atoms with Crippen LogP contribution in [0.15, 0.2) is 41.3 Å². The lowest BCUT2D eigenvalue weighted by atomic mass is 9.97. The third kappa shape index (κ3) is 2.09. The zero-order valence-corrected chi connectivity index (χ0v) is 9.10. The summed E-state index contributed by atoms with van der Waals surface area (Å²) < 4.78 is 4.96. The molecule has 0 aliphatic rings. The number of rotatable bonds is 3. The number of aromatic nitrogens is 1. The van der Waals surface area contributed by atoms with E-state index < -0.39 is 0 Å². The van der Waals surface area contributed by atoms with Crippen LogP contribution in [0.5, 0.6) is 0 Å². The topological polar surface area (TPSA) is 26.0 Å². The molecule has 78 valence electrons. The maximum absolute atomic E-state index is 4.96. The standard InChI is InChI=1S/C13H15NO/c1-3-10(2)11-4-6-12(7-5-11)13-8-15-9-14-13/h4-10H,3H2,1-2H3. The summed E-state index contributed by atoms with van der Waals surface area (Å²) in [7, 11) is 0. The monoisotopic (exact) mass is 201 g/mol. The fraction of sp³-hybridized carbons (Fsp3) is 0.308. The third-order valence-corrected chi connectivity index (χ3v) is 2.82. The summed E-state index contributed by atoms with van der Waals surface area (Å²) in [6, 6.07) is 8.52. The molecule has 0 amide bonds. The molecule has 15 heavy (non-hydrogen) atoms. The lowest BCUT2D eigenvalue weighted by Crippen LogP contribution is -1.90. The molecule has 0 aliphatic carbocycles. The molecule has 2 nitrogen and oxygen atoms in total.